The van der Waals surface area contributed by atoms with E-state index >= 15 is 0 Å². The Hall–Kier alpha value is -2.67. The van der Waals surface area contributed by atoms with Gasteiger partial charge in [-0.2, -0.15) is 0 Å². The summed E-state index contributed by atoms with van der Waals surface area (Å²) in [6, 6.07) is 6.92. The molecule has 0 aromatic heterocycles. The van der Waals surface area contributed by atoms with Crippen LogP contribution in [0.5, 0.6) is 5.75 Å². The third kappa shape index (κ3) is 3.62. The SMILES string of the molecule is Cc1ccc(-c2cc(F)c(C(=O)N[C@H]3C=CS(=O)(=O)C3)cc2O)cc1C. The number of halogens is 1. The third-order valence-corrected chi connectivity index (χ3v) is 5.79. The van der Waals surface area contributed by atoms with E-state index < -0.39 is 27.6 Å². The maximum Gasteiger partial charge on any atom is 0.254 e. The van der Waals surface area contributed by atoms with Gasteiger partial charge in [-0.25, -0.2) is 12.8 Å². The number of carbonyl (C=O) groups is 1. The van der Waals surface area contributed by atoms with Crippen molar-refractivity contribution in [3.8, 4) is 16.9 Å². The smallest absolute Gasteiger partial charge is 0.254 e. The van der Waals surface area contributed by atoms with Crippen LogP contribution >= 0.6 is 0 Å². The van der Waals surface area contributed by atoms with Crippen LogP contribution in [-0.4, -0.2) is 31.2 Å². The van der Waals surface area contributed by atoms with Crippen LogP contribution in [0.3, 0.4) is 0 Å². The lowest BCUT2D eigenvalue weighted by molar-refractivity contribution is 0.0943. The summed E-state index contributed by atoms with van der Waals surface area (Å²) in [6.45, 7) is 3.86. The topological polar surface area (TPSA) is 83.5 Å². The Kier molecular flexibility index (Phi) is 4.58. The number of phenols is 1. The molecule has 3 rings (SSSR count). The van der Waals surface area contributed by atoms with E-state index in [0.717, 1.165) is 28.7 Å². The van der Waals surface area contributed by atoms with Crippen molar-refractivity contribution in [2.24, 2.45) is 0 Å². The Balaban J connectivity index is 1.88. The number of nitrogens with one attached hydrogen (secondary N) is 1. The minimum absolute atomic E-state index is 0.227. The molecule has 0 bridgehead atoms. The molecule has 7 heteroatoms. The summed E-state index contributed by atoms with van der Waals surface area (Å²) < 4.78 is 37.2. The average Bonchev–Trinajstić information content (AvgIpc) is 2.90. The van der Waals surface area contributed by atoms with E-state index in [1.165, 1.54) is 6.08 Å². The maximum atomic E-state index is 14.5. The number of benzene rings is 2. The summed E-state index contributed by atoms with van der Waals surface area (Å²) in [4.78, 5) is 12.2. The number of rotatable bonds is 3. The predicted molar refractivity (Wildman–Crippen MR) is 97.2 cm³/mol. The number of aryl methyl sites for hydroxylation is 2. The van der Waals surface area contributed by atoms with Gasteiger partial charge >= 0.3 is 0 Å². The second-order valence-corrected chi connectivity index (χ2v) is 8.32. The zero-order valence-corrected chi connectivity index (χ0v) is 15.1. The van der Waals surface area contributed by atoms with Crippen molar-refractivity contribution in [1.29, 1.82) is 0 Å². The van der Waals surface area contributed by atoms with E-state index in [1.807, 2.05) is 26.0 Å². The van der Waals surface area contributed by atoms with Gasteiger partial charge in [0, 0.05) is 11.0 Å². The fourth-order valence-electron chi connectivity index (χ4n) is 2.79. The van der Waals surface area contributed by atoms with Gasteiger partial charge in [-0.05, 0) is 48.7 Å². The average molecular weight is 375 g/mol. The van der Waals surface area contributed by atoms with Crippen LogP contribution in [0.4, 0.5) is 4.39 Å². The first-order valence-electron chi connectivity index (χ1n) is 7.98. The van der Waals surface area contributed by atoms with Crippen LogP contribution < -0.4 is 5.32 Å². The molecule has 1 amide bonds. The molecule has 1 aliphatic heterocycles. The first kappa shape index (κ1) is 18.1. The highest BCUT2D eigenvalue weighted by molar-refractivity contribution is 7.94. The number of hydrogen-bond donors (Lipinski definition) is 2. The number of phenolic OH excluding ortho intramolecular Hbond substituents is 1. The zero-order valence-electron chi connectivity index (χ0n) is 14.3. The monoisotopic (exact) mass is 375 g/mol. The van der Waals surface area contributed by atoms with Gasteiger partial charge in [0.2, 0.25) is 0 Å². The van der Waals surface area contributed by atoms with Gasteiger partial charge in [-0.15, -0.1) is 0 Å². The number of carbonyl (C=O) groups excluding carboxylic acids is 1. The van der Waals surface area contributed by atoms with Crippen molar-refractivity contribution in [1.82, 2.24) is 5.32 Å². The van der Waals surface area contributed by atoms with Crippen LogP contribution in [0.15, 0.2) is 41.8 Å². The molecular formula is C19H18FNO4S. The molecule has 2 N–H and O–H groups in total. The summed E-state index contributed by atoms with van der Waals surface area (Å²) in [6.07, 6.45) is 1.34. The molecule has 0 unspecified atom stereocenters. The number of amides is 1. The molecule has 0 saturated heterocycles. The highest BCUT2D eigenvalue weighted by Crippen LogP contribution is 2.32. The summed E-state index contributed by atoms with van der Waals surface area (Å²) in [5.41, 5.74) is 2.65. The maximum absolute atomic E-state index is 14.5. The lowest BCUT2D eigenvalue weighted by Crippen LogP contribution is -2.35. The van der Waals surface area contributed by atoms with Gasteiger partial charge in [0.05, 0.1) is 17.4 Å². The molecule has 2 aromatic carbocycles. The molecule has 5 nitrogen and oxygen atoms in total. The Morgan fingerprint density at radius 3 is 2.54 bits per heavy atom. The fraction of sp³-hybridized carbons (Fsp3) is 0.211. The van der Waals surface area contributed by atoms with Gasteiger partial charge in [0.15, 0.2) is 9.84 Å². The molecule has 1 aliphatic rings. The van der Waals surface area contributed by atoms with Gasteiger partial charge < -0.3 is 10.4 Å². The fourth-order valence-corrected chi connectivity index (χ4v) is 4.02. The lowest BCUT2D eigenvalue weighted by atomic mass is 9.98. The Morgan fingerprint density at radius 1 is 1.19 bits per heavy atom. The summed E-state index contributed by atoms with van der Waals surface area (Å²) in [7, 11) is -3.33. The number of hydrogen-bond acceptors (Lipinski definition) is 4. The summed E-state index contributed by atoms with van der Waals surface area (Å²) >= 11 is 0. The molecule has 26 heavy (non-hydrogen) atoms. The molecule has 136 valence electrons. The minimum atomic E-state index is -3.33. The normalized spacial score (nSPS) is 18.0. The molecular weight excluding hydrogens is 357 g/mol. The van der Waals surface area contributed by atoms with Gasteiger partial charge in [-0.3, -0.25) is 4.79 Å². The molecule has 0 fully saturated rings. The van der Waals surface area contributed by atoms with Crippen LogP contribution in [0, 0.1) is 19.7 Å². The standard InChI is InChI=1S/C19H18FNO4S/c1-11-3-4-13(7-12(11)2)15-8-17(20)16(9-18(15)22)19(23)21-14-5-6-26(24,25)10-14/h3-9,14,22H,10H2,1-2H3,(H,21,23)/t14-/m0/s1. The Bertz CT molecular complexity index is 1030. The van der Waals surface area contributed by atoms with E-state index in [4.69, 9.17) is 0 Å². The van der Waals surface area contributed by atoms with Gasteiger partial charge in [-0.1, -0.05) is 18.2 Å². The summed E-state index contributed by atoms with van der Waals surface area (Å²) in [5.74, 6) is -2.06. The highest BCUT2D eigenvalue weighted by atomic mass is 32.2. The molecule has 2 aromatic rings. The molecule has 1 atom stereocenters. The minimum Gasteiger partial charge on any atom is -0.507 e. The molecule has 0 spiro atoms. The third-order valence-electron chi connectivity index (χ3n) is 4.39. The predicted octanol–water partition coefficient (Wildman–Crippen LogP) is 2.86. The highest BCUT2D eigenvalue weighted by Gasteiger charge is 2.25. The first-order chi connectivity index (χ1) is 12.2. The largest absolute Gasteiger partial charge is 0.507 e. The van der Waals surface area contributed by atoms with E-state index in [-0.39, 0.29) is 22.6 Å². The van der Waals surface area contributed by atoms with Crippen molar-refractivity contribution in [2.45, 2.75) is 19.9 Å². The molecule has 1 heterocycles. The lowest BCUT2D eigenvalue weighted by Gasteiger charge is -2.13. The van der Waals surface area contributed by atoms with Crippen molar-refractivity contribution in [3.05, 3.63) is 64.3 Å². The van der Waals surface area contributed by atoms with E-state index in [9.17, 15) is 22.7 Å². The van der Waals surface area contributed by atoms with Crippen LogP contribution in [0.2, 0.25) is 0 Å². The van der Waals surface area contributed by atoms with Crippen LogP contribution in [0.25, 0.3) is 11.1 Å². The molecule has 0 saturated carbocycles. The molecule has 0 aliphatic carbocycles. The van der Waals surface area contributed by atoms with Crippen molar-refractivity contribution >= 4 is 15.7 Å². The Morgan fingerprint density at radius 2 is 1.92 bits per heavy atom. The zero-order chi connectivity index (χ0) is 19.1. The van der Waals surface area contributed by atoms with E-state index in [0.29, 0.717) is 5.56 Å². The van der Waals surface area contributed by atoms with Crippen molar-refractivity contribution in [3.63, 3.8) is 0 Å². The molecule has 0 radical (unpaired) electrons. The second-order valence-electron chi connectivity index (χ2n) is 6.39. The quantitative estimate of drug-likeness (QED) is 0.864. The number of sulfone groups is 1. The van der Waals surface area contributed by atoms with E-state index in [2.05, 4.69) is 5.32 Å². The van der Waals surface area contributed by atoms with Crippen LogP contribution in [0.1, 0.15) is 21.5 Å². The van der Waals surface area contributed by atoms with Crippen LogP contribution in [-0.2, 0) is 9.84 Å². The van der Waals surface area contributed by atoms with E-state index in [1.54, 1.807) is 6.07 Å². The first-order valence-corrected chi connectivity index (χ1v) is 9.70. The Labute approximate surface area is 151 Å². The van der Waals surface area contributed by atoms with Crippen molar-refractivity contribution < 1.29 is 22.7 Å². The summed E-state index contributed by atoms with van der Waals surface area (Å²) in [5, 5.41) is 13.7. The second kappa shape index (κ2) is 6.57. The van der Waals surface area contributed by atoms with Gasteiger partial charge in [0.25, 0.3) is 5.91 Å². The van der Waals surface area contributed by atoms with Gasteiger partial charge in [0.1, 0.15) is 11.6 Å². The van der Waals surface area contributed by atoms with Crippen molar-refractivity contribution in [2.75, 3.05) is 5.75 Å². The number of aromatic hydroxyl groups is 1.